The molecule has 0 amide bonds. The van der Waals surface area contributed by atoms with Crippen molar-refractivity contribution in [2.24, 2.45) is 0 Å². The maximum Gasteiger partial charge on any atom is 0.126 e. The minimum absolute atomic E-state index is 0.434. The summed E-state index contributed by atoms with van der Waals surface area (Å²) < 4.78 is 5.40. The van der Waals surface area contributed by atoms with Crippen molar-refractivity contribution in [1.82, 2.24) is 4.90 Å². The van der Waals surface area contributed by atoms with Gasteiger partial charge in [0.1, 0.15) is 5.75 Å². The number of nitrogens with zero attached hydrogens (tertiary/aromatic N) is 2. The maximum absolute atomic E-state index is 10.1. The number of benzene rings is 1. The smallest absolute Gasteiger partial charge is 0.126 e. The lowest BCUT2D eigenvalue weighted by molar-refractivity contribution is 0.193. The maximum atomic E-state index is 10.1. The average Bonchev–Trinajstić information content (AvgIpc) is 2.37. The Morgan fingerprint density at radius 2 is 2.11 bits per heavy atom. The molecule has 0 spiro atoms. The van der Waals surface area contributed by atoms with Crippen molar-refractivity contribution >= 4 is 5.69 Å². The first-order valence-corrected chi connectivity index (χ1v) is 6.84. The molecule has 0 aliphatic carbocycles. The number of hydrogen-bond donors (Lipinski definition) is 1. The van der Waals surface area contributed by atoms with E-state index >= 15 is 0 Å². The Balaban J connectivity index is 2.38. The van der Waals surface area contributed by atoms with E-state index in [-0.39, 0.29) is 0 Å². The highest BCUT2D eigenvalue weighted by Crippen LogP contribution is 2.36. The molecule has 2 atom stereocenters. The van der Waals surface area contributed by atoms with E-state index in [1.54, 1.807) is 14.0 Å². The molecule has 19 heavy (non-hydrogen) atoms. The zero-order chi connectivity index (χ0) is 14.0. The molecule has 0 bridgehead atoms. The summed E-state index contributed by atoms with van der Waals surface area (Å²) in [6, 6.07) is 6.41. The number of likely N-dealkylation sites (N-methyl/N-ethyl adjacent to an activating group) is 1. The molecule has 1 aliphatic rings. The summed E-state index contributed by atoms with van der Waals surface area (Å²) in [4.78, 5) is 4.70. The Kier molecular flexibility index (Phi) is 4.32. The van der Waals surface area contributed by atoms with Crippen LogP contribution in [0.4, 0.5) is 5.69 Å². The summed E-state index contributed by atoms with van der Waals surface area (Å²) in [6.07, 6.45) is -0.530. The molecule has 1 aliphatic heterocycles. The molecular weight excluding hydrogens is 240 g/mol. The molecule has 1 heterocycles. The van der Waals surface area contributed by atoms with Crippen LogP contribution in [0.1, 0.15) is 25.5 Å². The second kappa shape index (κ2) is 5.80. The van der Waals surface area contributed by atoms with Crippen molar-refractivity contribution in [3.8, 4) is 5.75 Å². The van der Waals surface area contributed by atoms with E-state index in [1.807, 2.05) is 12.1 Å². The van der Waals surface area contributed by atoms with Crippen LogP contribution in [0.25, 0.3) is 0 Å². The van der Waals surface area contributed by atoms with E-state index in [9.17, 15) is 5.11 Å². The van der Waals surface area contributed by atoms with Crippen molar-refractivity contribution in [3.63, 3.8) is 0 Å². The normalized spacial score (nSPS) is 22.4. The molecule has 2 rings (SSSR count). The highest BCUT2D eigenvalue weighted by atomic mass is 16.5. The predicted molar refractivity (Wildman–Crippen MR) is 77.9 cm³/mol. The van der Waals surface area contributed by atoms with E-state index < -0.39 is 6.10 Å². The van der Waals surface area contributed by atoms with Crippen LogP contribution < -0.4 is 9.64 Å². The van der Waals surface area contributed by atoms with Crippen LogP contribution in [0.3, 0.4) is 0 Å². The van der Waals surface area contributed by atoms with Gasteiger partial charge in [-0.1, -0.05) is 6.07 Å². The average molecular weight is 264 g/mol. The molecule has 1 unspecified atom stereocenters. The molecule has 1 aromatic carbocycles. The van der Waals surface area contributed by atoms with Gasteiger partial charge in [-0.25, -0.2) is 0 Å². The van der Waals surface area contributed by atoms with Crippen LogP contribution in [0.5, 0.6) is 5.75 Å². The van der Waals surface area contributed by atoms with Gasteiger partial charge < -0.3 is 19.6 Å². The zero-order valence-corrected chi connectivity index (χ0v) is 12.3. The highest BCUT2D eigenvalue weighted by molar-refractivity contribution is 5.61. The fraction of sp³-hybridized carbons (Fsp3) is 0.600. The SMILES string of the molecule is COc1cccc(N2CCN(C)CC2C)c1[C@H](C)O. The lowest BCUT2D eigenvalue weighted by Gasteiger charge is -2.41. The summed E-state index contributed by atoms with van der Waals surface area (Å²) in [5, 5.41) is 10.1. The summed E-state index contributed by atoms with van der Waals surface area (Å²) in [7, 11) is 3.80. The second-order valence-electron chi connectivity index (χ2n) is 5.37. The van der Waals surface area contributed by atoms with Gasteiger partial charge in [-0.3, -0.25) is 0 Å². The van der Waals surface area contributed by atoms with Crippen LogP contribution >= 0.6 is 0 Å². The summed E-state index contributed by atoms with van der Waals surface area (Å²) in [5.74, 6) is 0.763. The number of aliphatic hydroxyl groups is 1. The third-order valence-corrected chi connectivity index (χ3v) is 3.82. The molecule has 1 fully saturated rings. The minimum Gasteiger partial charge on any atom is -0.496 e. The fourth-order valence-corrected chi connectivity index (χ4v) is 2.88. The molecule has 1 N–H and O–H groups in total. The molecule has 1 aromatic rings. The quantitative estimate of drug-likeness (QED) is 0.904. The van der Waals surface area contributed by atoms with Gasteiger partial charge in [0.05, 0.1) is 13.2 Å². The molecular formula is C15H24N2O2. The molecule has 1 saturated heterocycles. The van der Waals surface area contributed by atoms with Gasteiger partial charge in [0.2, 0.25) is 0 Å². The first-order valence-electron chi connectivity index (χ1n) is 6.84. The van der Waals surface area contributed by atoms with E-state index in [2.05, 4.69) is 29.8 Å². The monoisotopic (exact) mass is 264 g/mol. The number of anilines is 1. The number of piperazine rings is 1. The molecule has 0 aromatic heterocycles. The Morgan fingerprint density at radius 1 is 1.37 bits per heavy atom. The summed E-state index contributed by atoms with van der Waals surface area (Å²) in [5.41, 5.74) is 1.98. The molecule has 0 saturated carbocycles. The van der Waals surface area contributed by atoms with Gasteiger partial charge in [0.25, 0.3) is 0 Å². The topological polar surface area (TPSA) is 35.9 Å². The van der Waals surface area contributed by atoms with Gasteiger partial charge >= 0.3 is 0 Å². The first kappa shape index (κ1) is 14.2. The number of aliphatic hydroxyl groups excluding tert-OH is 1. The van der Waals surface area contributed by atoms with Crippen molar-refractivity contribution in [1.29, 1.82) is 0 Å². The Morgan fingerprint density at radius 3 is 2.68 bits per heavy atom. The van der Waals surface area contributed by atoms with Crippen molar-refractivity contribution < 1.29 is 9.84 Å². The fourth-order valence-electron chi connectivity index (χ4n) is 2.88. The standard InChI is InChI=1S/C15H24N2O2/c1-11-10-16(3)8-9-17(11)13-6-5-7-14(19-4)15(13)12(2)18/h5-7,11-12,18H,8-10H2,1-4H3/t11?,12-/m0/s1. The van der Waals surface area contributed by atoms with E-state index in [0.29, 0.717) is 6.04 Å². The third kappa shape index (κ3) is 2.85. The van der Waals surface area contributed by atoms with Crippen LogP contribution in [0.2, 0.25) is 0 Å². The molecule has 4 nitrogen and oxygen atoms in total. The van der Waals surface area contributed by atoms with Crippen LogP contribution in [0, 0.1) is 0 Å². The Hall–Kier alpha value is -1.26. The number of rotatable bonds is 3. The number of methoxy groups -OCH3 is 1. The highest BCUT2D eigenvalue weighted by Gasteiger charge is 2.26. The van der Waals surface area contributed by atoms with E-state index in [4.69, 9.17) is 4.74 Å². The third-order valence-electron chi connectivity index (χ3n) is 3.82. The van der Waals surface area contributed by atoms with Gasteiger partial charge in [-0.2, -0.15) is 0 Å². The van der Waals surface area contributed by atoms with Gasteiger partial charge in [-0.05, 0) is 33.0 Å². The van der Waals surface area contributed by atoms with Crippen LogP contribution in [0.15, 0.2) is 18.2 Å². The zero-order valence-electron chi connectivity index (χ0n) is 12.3. The largest absolute Gasteiger partial charge is 0.496 e. The summed E-state index contributed by atoms with van der Waals surface area (Å²) in [6.45, 7) is 7.07. The molecule has 106 valence electrons. The lowest BCUT2D eigenvalue weighted by atomic mass is 10.0. The van der Waals surface area contributed by atoms with Crippen molar-refractivity contribution in [2.45, 2.75) is 26.0 Å². The van der Waals surface area contributed by atoms with E-state index in [1.165, 1.54) is 0 Å². The van der Waals surface area contributed by atoms with Crippen molar-refractivity contribution in [2.75, 3.05) is 38.7 Å². The van der Waals surface area contributed by atoms with Crippen molar-refractivity contribution in [3.05, 3.63) is 23.8 Å². The van der Waals surface area contributed by atoms with Gasteiger partial charge in [-0.15, -0.1) is 0 Å². The first-order chi connectivity index (χ1) is 9.04. The van der Waals surface area contributed by atoms with Crippen LogP contribution in [-0.4, -0.2) is 49.8 Å². The van der Waals surface area contributed by atoms with Gasteiger partial charge in [0, 0.05) is 36.9 Å². The Labute approximate surface area is 115 Å². The minimum atomic E-state index is -0.530. The molecule has 4 heteroatoms. The summed E-state index contributed by atoms with van der Waals surface area (Å²) >= 11 is 0. The number of ether oxygens (including phenoxy) is 1. The number of hydrogen-bond acceptors (Lipinski definition) is 4. The second-order valence-corrected chi connectivity index (χ2v) is 5.37. The van der Waals surface area contributed by atoms with Crippen LogP contribution in [-0.2, 0) is 0 Å². The predicted octanol–water partition coefficient (Wildman–Crippen LogP) is 1.89. The Bertz CT molecular complexity index is 434. The van der Waals surface area contributed by atoms with Gasteiger partial charge in [0.15, 0.2) is 0 Å². The van der Waals surface area contributed by atoms with E-state index in [0.717, 1.165) is 36.6 Å². The molecule has 0 radical (unpaired) electrons. The lowest BCUT2D eigenvalue weighted by Crippen LogP contribution is -2.50.